The molecule has 2 amide bonds. The fourth-order valence-electron chi connectivity index (χ4n) is 7.27. The standard InChI is InChI=1S/C28H35BrN2O6/c1-2-13-30(18-11-7-4-8-12-18)26(34)24-28-15-20(29)23(37-28)21(27(35)36)22(28)25(33)31(24)19(16-32)14-17-9-5-3-6-10-17/h2-3,5-6,9-10,18-24,32H,1,4,7-8,11-16H2,(H,35,36)/t19-,20?,21+,22+,23+,24?,28?/m1/s1. The molecule has 8 nitrogen and oxygen atoms in total. The Balaban J connectivity index is 1.58. The smallest absolute Gasteiger partial charge is 0.310 e. The molecule has 7 atom stereocenters. The zero-order chi connectivity index (χ0) is 26.3. The Labute approximate surface area is 225 Å². The van der Waals surface area contributed by atoms with Crippen LogP contribution in [0.5, 0.6) is 0 Å². The fraction of sp³-hybridized carbons (Fsp3) is 0.607. The van der Waals surface area contributed by atoms with Crippen molar-refractivity contribution in [3.8, 4) is 0 Å². The minimum absolute atomic E-state index is 0.0296. The van der Waals surface area contributed by atoms with Gasteiger partial charge in [-0.3, -0.25) is 14.4 Å². The SMILES string of the molecule is C=CCN(C(=O)C1N([C@@H](CO)Cc2ccccc2)C(=O)[C@@H]2[C@H](C(=O)O)[C@H]3OC12CC3Br)C1CCCCC1. The van der Waals surface area contributed by atoms with Crippen LogP contribution in [-0.4, -0.2) is 85.6 Å². The molecular weight excluding hydrogens is 540 g/mol. The number of likely N-dealkylation sites (tertiary alicyclic amines) is 1. The van der Waals surface area contributed by atoms with Crippen molar-refractivity contribution >= 4 is 33.7 Å². The molecule has 2 N–H and O–H groups in total. The van der Waals surface area contributed by atoms with E-state index in [1.165, 1.54) is 4.90 Å². The summed E-state index contributed by atoms with van der Waals surface area (Å²) >= 11 is 3.60. The maximum atomic E-state index is 14.5. The van der Waals surface area contributed by atoms with E-state index in [9.17, 15) is 24.6 Å². The lowest BCUT2D eigenvalue weighted by Gasteiger charge is -2.42. The molecule has 37 heavy (non-hydrogen) atoms. The molecule has 9 heteroatoms. The highest BCUT2D eigenvalue weighted by molar-refractivity contribution is 9.09. The van der Waals surface area contributed by atoms with Crippen LogP contribution in [0.2, 0.25) is 0 Å². The molecule has 1 spiro atoms. The largest absolute Gasteiger partial charge is 0.481 e. The van der Waals surface area contributed by atoms with E-state index in [1.807, 2.05) is 35.2 Å². The number of carbonyl (C=O) groups is 3. The second kappa shape index (κ2) is 10.5. The first-order valence-corrected chi connectivity index (χ1v) is 14.2. The number of halogens is 1. The number of benzene rings is 1. The number of carbonyl (C=O) groups excluding carboxylic acids is 2. The Morgan fingerprint density at radius 1 is 1.24 bits per heavy atom. The van der Waals surface area contributed by atoms with Gasteiger partial charge in [0, 0.05) is 17.4 Å². The van der Waals surface area contributed by atoms with Crippen LogP contribution in [0.3, 0.4) is 0 Å². The molecule has 3 aliphatic heterocycles. The summed E-state index contributed by atoms with van der Waals surface area (Å²) in [5.41, 5.74) is -0.336. The number of aliphatic carboxylic acids is 1. The molecule has 0 radical (unpaired) electrons. The molecule has 1 aliphatic carbocycles. The maximum absolute atomic E-state index is 14.5. The van der Waals surface area contributed by atoms with Crippen molar-refractivity contribution in [2.45, 2.75) is 79.6 Å². The number of hydrogen-bond donors (Lipinski definition) is 2. The number of amides is 2. The maximum Gasteiger partial charge on any atom is 0.310 e. The summed E-state index contributed by atoms with van der Waals surface area (Å²) in [7, 11) is 0. The fourth-order valence-corrected chi connectivity index (χ4v) is 8.21. The van der Waals surface area contributed by atoms with Gasteiger partial charge in [-0.15, -0.1) is 6.58 Å². The minimum atomic E-state index is -1.26. The highest BCUT2D eigenvalue weighted by Crippen LogP contribution is 2.60. The van der Waals surface area contributed by atoms with E-state index in [0.717, 1.165) is 37.7 Å². The summed E-state index contributed by atoms with van der Waals surface area (Å²) in [6.45, 7) is 3.87. The predicted molar refractivity (Wildman–Crippen MR) is 140 cm³/mol. The third-order valence-corrected chi connectivity index (χ3v) is 9.63. The summed E-state index contributed by atoms with van der Waals surface area (Å²) in [6.07, 6.45) is 6.68. The van der Waals surface area contributed by atoms with E-state index in [2.05, 4.69) is 22.5 Å². The van der Waals surface area contributed by atoms with Crippen LogP contribution in [0, 0.1) is 11.8 Å². The lowest BCUT2D eigenvalue weighted by molar-refractivity contribution is -0.154. The Hall–Kier alpha value is -2.23. The van der Waals surface area contributed by atoms with Crippen molar-refractivity contribution in [1.29, 1.82) is 0 Å². The molecule has 200 valence electrons. The van der Waals surface area contributed by atoms with Gasteiger partial charge in [-0.2, -0.15) is 0 Å². The number of hydrogen-bond acceptors (Lipinski definition) is 5. The Morgan fingerprint density at radius 2 is 1.95 bits per heavy atom. The van der Waals surface area contributed by atoms with Crippen LogP contribution in [0.1, 0.15) is 44.1 Å². The highest BCUT2D eigenvalue weighted by atomic mass is 79.9. The quantitative estimate of drug-likeness (QED) is 0.347. The van der Waals surface area contributed by atoms with Crippen molar-refractivity contribution in [2.24, 2.45) is 11.8 Å². The van der Waals surface area contributed by atoms with E-state index >= 15 is 0 Å². The van der Waals surface area contributed by atoms with Crippen LogP contribution in [0.25, 0.3) is 0 Å². The molecule has 0 aromatic heterocycles. The van der Waals surface area contributed by atoms with Crippen LogP contribution in [0.4, 0.5) is 0 Å². The van der Waals surface area contributed by atoms with Crippen LogP contribution < -0.4 is 0 Å². The van der Waals surface area contributed by atoms with Crippen LogP contribution >= 0.6 is 15.9 Å². The first kappa shape index (κ1) is 26.4. The van der Waals surface area contributed by atoms with Crippen molar-refractivity contribution in [3.05, 3.63) is 48.6 Å². The lowest BCUT2D eigenvalue weighted by Crippen LogP contribution is -2.60. The summed E-state index contributed by atoms with van der Waals surface area (Å²) in [5, 5.41) is 20.6. The minimum Gasteiger partial charge on any atom is -0.481 e. The molecule has 2 bridgehead atoms. The van der Waals surface area contributed by atoms with E-state index in [1.54, 1.807) is 6.08 Å². The number of aliphatic hydroxyl groups is 1. The zero-order valence-electron chi connectivity index (χ0n) is 20.9. The molecular formula is C28H35BrN2O6. The van der Waals surface area contributed by atoms with Gasteiger partial charge >= 0.3 is 5.97 Å². The van der Waals surface area contributed by atoms with Crippen molar-refractivity contribution < 1.29 is 29.3 Å². The lowest BCUT2D eigenvalue weighted by atomic mass is 9.70. The van der Waals surface area contributed by atoms with E-state index < -0.39 is 47.5 Å². The average molecular weight is 575 g/mol. The normalized spacial score (nSPS) is 33.8. The summed E-state index contributed by atoms with van der Waals surface area (Å²) in [6, 6.07) is 7.84. The Kier molecular flexibility index (Phi) is 7.49. The predicted octanol–water partition coefficient (Wildman–Crippen LogP) is 2.77. The third kappa shape index (κ3) is 4.33. The van der Waals surface area contributed by atoms with E-state index in [4.69, 9.17) is 4.74 Å². The van der Waals surface area contributed by atoms with Crippen LogP contribution in [-0.2, 0) is 25.5 Å². The topological polar surface area (TPSA) is 107 Å². The number of ether oxygens (including phenoxy) is 1. The highest BCUT2D eigenvalue weighted by Gasteiger charge is 2.77. The average Bonchev–Trinajstić information content (AvgIpc) is 3.50. The molecule has 3 saturated heterocycles. The summed E-state index contributed by atoms with van der Waals surface area (Å²) in [5.74, 6) is -3.77. The molecule has 4 aliphatic rings. The van der Waals surface area contributed by atoms with Gasteiger partial charge in [-0.1, -0.05) is 71.6 Å². The first-order chi connectivity index (χ1) is 17.8. The van der Waals surface area contributed by atoms with Gasteiger partial charge in [0.25, 0.3) is 0 Å². The van der Waals surface area contributed by atoms with E-state index in [-0.39, 0.29) is 23.4 Å². The number of alkyl halides is 1. The number of carboxylic acid groups (broad SMARTS) is 1. The summed E-state index contributed by atoms with van der Waals surface area (Å²) < 4.78 is 6.42. The molecule has 1 aromatic carbocycles. The number of rotatable bonds is 9. The molecule has 1 saturated carbocycles. The van der Waals surface area contributed by atoms with E-state index in [0.29, 0.717) is 19.4 Å². The van der Waals surface area contributed by atoms with Gasteiger partial charge in [-0.05, 0) is 31.2 Å². The molecule has 5 rings (SSSR count). The van der Waals surface area contributed by atoms with Gasteiger partial charge in [0.05, 0.1) is 30.6 Å². The third-order valence-electron chi connectivity index (χ3n) is 8.79. The zero-order valence-corrected chi connectivity index (χ0v) is 22.5. The van der Waals surface area contributed by atoms with Crippen molar-refractivity contribution in [3.63, 3.8) is 0 Å². The second-order valence-corrected chi connectivity index (χ2v) is 12.0. The molecule has 3 unspecified atom stereocenters. The second-order valence-electron chi connectivity index (χ2n) is 10.8. The Morgan fingerprint density at radius 3 is 2.57 bits per heavy atom. The van der Waals surface area contributed by atoms with Gasteiger partial charge in [0.2, 0.25) is 11.8 Å². The van der Waals surface area contributed by atoms with Gasteiger partial charge < -0.3 is 24.7 Å². The van der Waals surface area contributed by atoms with Gasteiger partial charge in [0.1, 0.15) is 11.6 Å². The van der Waals surface area contributed by atoms with Gasteiger partial charge in [0.15, 0.2) is 0 Å². The van der Waals surface area contributed by atoms with Crippen molar-refractivity contribution in [1.82, 2.24) is 9.80 Å². The van der Waals surface area contributed by atoms with Gasteiger partial charge in [-0.25, -0.2) is 0 Å². The summed E-state index contributed by atoms with van der Waals surface area (Å²) in [4.78, 5) is 44.1. The molecule has 1 aromatic rings. The number of fused-ring (bicyclic) bond motifs is 1. The number of carboxylic acids is 1. The van der Waals surface area contributed by atoms with Crippen LogP contribution in [0.15, 0.2) is 43.0 Å². The molecule has 3 heterocycles. The van der Waals surface area contributed by atoms with Crippen molar-refractivity contribution in [2.75, 3.05) is 13.2 Å². The number of nitrogens with zero attached hydrogens (tertiary/aromatic N) is 2. The Bertz CT molecular complexity index is 1050. The monoisotopic (exact) mass is 574 g/mol. The first-order valence-electron chi connectivity index (χ1n) is 13.3. The molecule has 4 fully saturated rings. The number of aliphatic hydroxyl groups excluding tert-OH is 1.